The molecule has 2 fully saturated rings. The van der Waals surface area contributed by atoms with Gasteiger partial charge in [-0.15, -0.1) is 0 Å². The number of aliphatic hydroxyl groups is 1. The molecule has 2 aliphatic heterocycles. The molecule has 2 atom stereocenters. The summed E-state index contributed by atoms with van der Waals surface area (Å²) in [5.74, 6) is -0.482. The van der Waals surface area contributed by atoms with E-state index in [0.717, 1.165) is 65.0 Å². The van der Waals surface area contributed by atoms with Crippen molar-refractivity contribution in [3.8, 4) is 0 Å². The fourth-order valence-electron chi connectivity index (χ4n) is 5.13. The number of amides is 2. The van der Waals surface area contributed by atoms with Crippen LogP contribution in [0, 0.1) is 0 Å². The summed E-state index contributed by atoms with van der Waals surface area (Å²) in [5, 5.41) is 21.9. The van der Waals surface area contributed by atoms with E-state index in [1.54, 1.807) is 15.6 Å². The lowest BCUT2D eigenvalue weighted by Crippen LogP contribution is -2.67. The fraction of sp³-hybridized carbons (Fsp3) is 0.783. The molecule has 0 radical (unpaired) electrons. The van der Waals surface area contributed by atoms with Crippen LogP contribution in [0.15, 0.2) is 6.07 Å². The first-order valence-corrected chi connectivity index (χ1v) is 12.3. The molecule has 184 valence electrons. The van der Waals surface area contributed by atoms with Gasteiger partial charge in [-0.2, -0.15) is 5.10 Å². The number of morpholine rings is 1. The smallest absolute Gasteiger partial charge is 0.272 e. The number of fused-ring (bicyclic) bond motifs is 1. The molecule has 2 unspecified atom stereocenters. The third-order valence-electron chi connectivity index (χ3n) is 7.17. The Bertz CT molecular complexity index is 833. The van der Waals surface area contributed by atoms with Crippen LogP contribution in [0.5, 0.6) is 0 Å². The Hall–Kier alpha value is -2.01. The molecule has 10 heteroatoms. The predicted octanol–water partition coefficient (Wildman–Crippen LogP) is 0.420. The predicted molar refractivity (Wildman–Crippen MR) is 123 cm³/mol. The molecule has 2 amide bonds. The summed E-state index contributed by atoms with van der Waals surface area (Å²) in [6.07, 6.45) is 4.30. The van der Waals surface area contributed by atoms with E-state index in [-0.39, 0.29) is 23.6 Å². The molecule has 3 N–H and O–H groups in total. The highest BCUT2D eigenvalue weighted by Gasteiger charge is 2.47. The van der Waals surface area contributed by atoms with Crippen LogP contribution in [0.4, 0.5) is 0 Å². The van der Waals surface area contributed by atoms with Crippen molar-refractivity contribution in [1.29, 1.82) is 0 Å². The van der Waals surface area contributed by atoms with Crippen molar-refractivity contribution in [2.24, 2.45) is 0 Å². The minimum Gasteiger partial charge on any atom is -0.379 e. The van der Waals surface area contributed by atoms with Crippen molar-refractivity contribution in [3.63, 3.8) is 0 Å². The van der Waals surface area contributed by atoms with E-state index in [1.807, 2.05) is 13.8 Å². The molecule has 3 heterocycles. The van der Waals surface area contributed by atoms with Crippen LogP contribution >= 0.6 is 0 Å². The van der Waals surface area contributed by atoms with Gasteiger partial charge in [-0.05, 0) is 26.2 Å². The van der Waals surface area contributed by atoms with Crippen LogP contribution in [0.1, 0.15) is 66.9 Å². The standard InChI is InChI=1S/C23H38N6O4/c1-3-9-28-21(31)19-15-18(20(30)24-8-10-27-11-13-33-14-12-27)26-29(19)16-23(28,2)22(32)25-17-6-4-5-7-17/h15,17,22,25,32H,3-14,16H2,1-2H3,(H,24,30). The van der Waals surface area contributed by atoms with E-state index in [2.05, 4.69) is 20.6 Å². The number of ether oxygens (including phenoxy) is 1. The van der Waals surface area contributed by atoms with Crippen molar-refractivity contribution < 1.29 is 19.4 Å². The number of aliphatic hydroxyl groups excluding tert-OH is 1. The van der Waals surface area contributed by atoms with Gasteiger partial charge in [0.1, 0.15) is 11.9 Å². The summed E-state index contributed by atoms with van der Waals surface area (Å²) >= 11 is 0. The van der Waals surface area contributed by atoms with E-state index >= 15 is 0 Å². The first-order chi connectivity index (χ1) is 15.9. The first-order valence-electron chi connectivity index (χ1n) is 12.3. The summed E-state index contributed by atoms with van der Waals surface area (Å²) in [6, 6.07) is 1.84. The molecule has 0 aromatic carbocycles. The van der Waals surface area contributed by atoms with Crippen molar-refractivity contribution in [3.05, 3.63) is 17.5 Å². The molecule has 1 aromatic rings. The van der Waals surface area contributed by atoms with E-state index in [1.165, 1.54) is 0 Å². The van der Waals surface area contributed by atoms with Gasteiger partial charge in [0.15, 0.2) is 5.69 Å². The Morgan fingerprint density at radius 1 is 1.30 bits per heavy atom. The lowest BCUT2D eigenvalue weighted by molar-refractivity contribution is -0.0521. The normalized spacial score (nSPS) is 25.3. The van der Waals surface area contributed by atoms with Gasteiger partial charge in [-0.3, -0.25) is 24.5 Å². The molecule has 1 aromatic heterocycles. The zero-order valence-electron chi connectivity index (χ0n) is 19.9. The SMILES string of the molecule is CCCN1C(=O)c2cc(C(=O)NCCN3CCOCC3)nn2CC1(C)C(O)NC1CCCC1. The molecule has 1 saturated carbocycles. The highest BCUT2D eigenvalue weighted by atomic mass is 16.5. The average Bonchev–Trinajstić information content (AvgIpc) is 3.47. The van der Waals surface area contributed by atoms with Crippen LogP contribution in [-0.4, -0.2) is 100 Å². The number of carbonyl (C=O) groups is 2. The number of rotatable bonds is 9. The lowest BCUT2D eigenvalue weighted by atomic mass is 9.93. The fourth-order valence-corrected chi connectivity index (χ4v) is 5.13. The maximum Gasteiger partial charge on any atom is 0.272 e. The number of aromatic nitrogens is 2. The summed E-state index contributed by atoms with van der Waals surface area (Å²) in [6.45, 7) is 9.22. The van der Waals surface area contributed by atoms with Gasteiger partial charge in [0, 0.05) is 44.8 Å². The third-order valence-corrected chi connectivity index (χ3v) is 7.17. The molecule has 1 saturated heterocycles. The highest BCUT2D eigenvalue weighted by molar-refractivity contribution is 5.98. The molecular formula is C23H38N6O4. The Labute approximate surface area is 195 Å². The van der Waals surface area contributed by atoms with Gasteiger partial charge in [-0.1, -0.05) is 19.8 Å². The molecule has 3 aliphatic rings. The van der Waals surface area contributed by atoms with Gasteiger partial charge < -0.3 is 20.1 Å². The van der Waals surface area contributed by atoms with Crippen LogP contribution < -0.4 is 10.6 Å². The van der Waals surface area contributed by atoms with E-state index in [9.17, 15) is 14.7 Å². The van der Waals surface area contributed by atoms with Crippen LogP contribution in [-0.2, 0) is 11.3 Å². The van der Waals surface area contributed by atoms with Crippen LogP contribution in [0.25, 0.3) is 0 Å². The third kappa shape index (κ3) is 5.24. The zero-order valence-corrected chi connectivity index (χ0v) is 19.9. The van der Waals surface area contributed by atoms with Crippen molar-refractivity contribution in [1.82, 2.24) is 30.2 Å². The number of hydrogen-bond donors (Lipinski definition) is 3. The zero-order chi connectivity index (χ0) is 23.4. The van der Waals surface area contributed by atoms with E-state index < -0.39 is 11.8 Å². The lowest BCUT2D eigenvalue weighted by Gasteiger charge is -2.47. The quantitative estimate of drug-likeness (QED) is 0.456. The van der Waals surface area contributed by atoms with Gasteiger partial charge in [-0.25, -0.2) is 0 Å². The number of carbonyl (C=O) groups excluding carboxylic acids is 2. The first kappa shape index (κ1) is 24.1. The Balaban J connectivity index is 1.45. The van der Waals surface area contributed by atoms with Crippen LogP contribution in [0.2, 0.25) is 0 Å². The largest absolute Gasteiger partial charge is 0.379 e. The second kappa shape index (κ2) is 10.5. The molecular weight excluding hydrogens is 424 g/mol. The highest BCUT2D eigenvalue weighted by Crippen LogP contribution is 2.31. The second-order valence-electron chi connectivity index (χ2n) is 9.65. The van der Waals surface area contributed by atoms with Crippen molar-refractivity contribution >= 4 is 11.8 Å². The van der Waals surface area contributed by atoms with Crippen LogP contribution in [0.3, 0.4) is 0 Å². The molecule has 0 bridgehead atoms. The summed E-state index contributed by atoms with van der Waals surface area (Å²) in [7, 11) is 0. The maximum atomic E-state index is 13.4. The topological polar surface area (TPSA) is 112 Å². The van der Waals surface area contributed by atoms with Crippen molar-refractivity contribution in [2.45, 2.75) is 70.3 Å². The monoisotopic (exact) mass is 462 g/mol. The van der Waals surface area contributed by atoms with Crippen molar-refractivity contribution in [2.75, 3.05) is 45.9 Å². The molecule has 10 nitrogen and oxygen atoms in total. The number of nitrogens with one attached hydrogen (secondary N) is 2. The second-order valence-corrected chi connectivity index (χ2v) is 9.65. The Morgan fingerprint density at radius 3 is 2.73 bits per heavy atom. The van der Waals surface area contributed by atoms with Gasteiger partial charge in [0.05, 0.1) is 25.3 Å². The minimum absolute atomic E-state index is 0.197. The molecule has 4 rings (SSSR count). The summed E-state index contributed by atoms with van der Waals surface area (Å²) < 4.78 is 6.94. The molecule has 33 heavy (non-hydrogen) atoms. The number of hydrogen-bond acceptors (Lipinski definition) is 7. The summed E-state index contributed by atoms with van der Waals surface area (Å²) in [4.78, 5) is 30.1. The average molecular weight is 463 g/mol. The Morgan fingerprint density at radius 2 is 2.03 bits per heavy atom. The van der Waals surface area contributed by atoms with E-state index in [4.69, 9.17) is 4.74 Å². The van der Waals surface area contributed by atoms with Gasteiger partial charge in [0.2, 0.25) is 0 Å². The van der Waals surface area contributed by atoms with Gasteiger partial charge >= 0.3 is 0 Å². The van der Waals surface area contributed by atoms with Gasteiger partial charge in [0.25, 0.3) is 11.8 Å². The van der Waals surface area contributed by atoms with E-state index in [0.29, 0.717) is 25.3 Å². The Kier molecular flexibility index (Phi) is 7.68. The minimum atomic E-state index is -0.876. The maximum absolute atomic E-state index is 13.4. The number of nitrogens with zero attached hydrogens (tertiary/aromatic N) is 4. The molecule has 1 aliphatic carbocycles. The summed E-state index contributed by atoms with van der Waals surface area (Å²) in [5.41, 5.74) is -0.217. The molecule has 0 spiro atoms.